The van der Waals surface area contributed by atoms with Crippen LogP contribution in [-0.2, 0) is 6.54 Å². The van der Waals surface area contributed by atoms with Gasteiger partial charge in [0, 0.05) is 31.2 Å². The second-order valence-electron chi connectivity index (χ2n) is 6.01. The third kappa shape index (κ3) is 4.20. The average Bonchev–Trinajstić information content (AvgIpc) is 2.99. The molecule has 20 heavy (non-hydrogen) atoms. The molecule has 0 radical (unpaired) electrons. The van der Waals surface area contributed by atoms with Crippen LogP contribution in [0, 0.1) is 18.8 Å². The molecule has 0 aliphatic carbocycles. The highest BCUT2D eigenvalue weighted by Gasteiger charge is 2.25. The number of likely N-dealkylation sites (tertiary alicyclic amines) is 1. The van der Waals surface area contributed by atoms with E-state index in [1.54, 1.807) is 11.3 Å². The van der Waals surface area contributed by atoms with Crippen molar-refractivity contribution in [3.05, 3.63) is 16.1 Å². The van der Waals surface area contributed by atoms with Crippen LogP contribution in [0.4, 0.5) is 0 Å². The summed E-state index contributed by atoms with van der Waals surface area (Å²) < 4.78 is 0. The fourth-order valence-corrected chi connectivity index (χ4v) is 3.57. The Labute approximate surface area is 126 Å². The molecule has 0 amide bonds. The number of nitrogens with zero attached hydrogens (tertiary/aromatic N) is 3. The Bertz CT molecular complexity index is 452. The Balaban J connectivity index is 1.84. The summed E-state index contributed by atoms with van der Waals surface area (Å²) >= 11 is 1.71. The molecule has 1 aliphatic heterocycles. The summed E-state index contributed by atoms with van der Waals surface area (Å²) in [4.78, 5) is 11.3. The van der Waals surface area contributed by atoms with Gasteiger partial charge in [-0.1, -0.05) is 13.8 Å². The van der Waals surface area contributed by atoms with E-state index in [9.17, 15) is 0 Å². The first-order valence-electron chi connectivity index (χ1n) is 7.45. The summed E-state index contributed by atoms with van der Waals surface area (Å²) in [6.07, 6.45) is 2.61. The average molecular weight is 294 g/mol. The van der Waals surface area contributed by atoms with Crippen molar-refractivity contribution in [2.45, 2.75) is 40.2 Å². The summed E-state index contributed by atoms with van der Waals surface area (Å²) in [7, 11) is 1.87. The van der Waals surface area contributed by atoms with Gasteiger partial charge in [-0.3, -0.25) is 4.99 Å². The number of aromatic nitrogens is 1. The van der Waals surface area contributed by atoms with Crippen molar-refractivity contribution in [1.29, 1.82) is 0 Å². The number of thiazole rings is 1. The number of guanidine groups is 1. The van der Waals surface area contributed by atoms with Crippen LogP contribution in [0.25, 0.3) is 0 Å². The molecule has 0 saturated carbocycles. The van der Waals surface area contributed by atoms with Gasteiger partial charge >= 0.3 is 0 Å². The van der Waals surface area contributed by atoms with Gasteiger partial charge in [-0.2, -0.15) is 0 Å². The molecule has 2 rings (SSSR count). The van der Waals surface area contributed by atoms with Crippen molar-refractivity contribution in [3.8, 4) is 0 Å². The predicted molar refractivity (Wildman–Crippen MR) is 86.2 cm³/mol. The lowest BCUT2D eigenvalue weighted by atomic mass is 9.97. The number of hydrogen-bond donors (Lipinski definition) is 1. The van der Waals surface area contributed by atoms with Gasteiger partial charge in [-0.15, -0.1) is 11.3 Å². The van der Waals surface area contributed by atoms with E-state index in [4.69, 9.17) is 0 Å². The summed E-state index contributed by atoms with van der Waals surface area (Å²) in [6.45, 7) is 9.67. The zero-order chi connectivity index (χ0) is 14.5. The highest BCUT2D eigenvalue weighted by Crippen LogP contribution is 2.23. The van der Waals surface area contributed by atoms with E-state index < -0.39 is 0 Å². The van der Waals surface area contributed by atoms with Crippen LogP contribution in [-0.4, -0.2) is 36.0 Å². The summed E-state index contributed by atoms with van der Waals surface area (Å²) in [6, 6.07) is 0. The number of aryl methyl sites for hydroxylation is 1. The Morgan fingerprint density at radius 3 is 3.00 bits per heavy atom. The van der Waals surface area contributed by atoms with Crippen LogP contribution >= 0.6 is 11.3 Å². The maximum absolute atomic E-state index is 4.48. The molecule has 1 saturated heterocycles. The van der Waals surface area contributed by atoms with E-state index in [1.807, 2.05) is 14.0 Å². The van der Waals surface area contributed by atoms with E-state index >= 15 is 0 Å². The number of nitrogens with one attached hydrogen (secondary N) is 1. The van der Waals surface area contributed by atoms with E-state index in [0.29, 0.717) is 0 Å². The SMILES string of the molecule is CN=C(NCc1nc(C)cs1)N1CCC(CC(C)C)C1. The Morgan fingerprint density at radius 2 is 2.40 bits per heavy atom. The van der Waals surface area contributed by atoms with Gasteiger partial charge in [-0.05, 0) is 31.6 Å². The quantitative estimate of drug-likeness (QED) is 0.685. The molecular formula is C15H26N4S. The summed E-state index contributed by atoms with van der Waals surface area (Å²) in [5.74, 6) is 2.62. The summed E-state index contributed by atoms with van der Waals surface area (Å²) in [5.41, 5.74) is 1.10. The second kappa shape index (κ2) is 7.07. The van der Waals surface area contributed by atoms with E-state index in [0.717, 1.165) is 48.1 Å². The minimum atomic E-state index is 0.774. The first kappa shape index (κ1) is 15.3. The molecule has 1 unspecified atom stereocenters. The van der Waals surface area contributed by atoms with E-state index in [1.165, 1.54) is 12.8 Å². The Kier molecular flexibility index (Phi) is 5.40. The summed E-state index contributed by atoms with van der Waals surface area (Å²) in [5, 5.41) is 6.66. The van der Waals surface area contributed by atoms with Crippen LogP contribution in [0.5, 0.6) is 0 Å². The third-order valence-electron chi connectivity index (χ3n) is 3.67. The van der Waals surface area contributed by atoms with Crippen molar-refractivity contribution in [2.24, 2.45) is 16.8 Å². The normalized spacial score (nSPS) is 19.9. The minimum Gasteiger partial charge on any atom is -0.350 e. The molecule has 1 aromatic heterocycles. The van der Waals surface area contributed by atoms with Gasteiger partial charge in [0.05, 0.1) is 6.54 Å². The maximum Gasteiger partial charge on any atom is 0.194 e. The highest BCUT2D eigenvalue weighted by atomic mass is 32.1. The van der Waals surface area contributed by atoms with Gasteiger partial charge in [0.15, 0.2) is 5.96 Å². The molecule has 4 nitrogen and oxygen atoms in total. The van der Waals surface area contributed by atoms with Crippen molar-refractivity contribution in [1.82, 2.24) is 15.2 Å². The largest absolute Gasteiger partial charge is 0.350 e. The van der Waals surface area contributed by atoms with Gasteiger partial charge < -0.3 is 10.2 Å². The van der Waals surface area contributed by atoms with Crippen LogP contribution in [0.2, 0.25) is 0 Å². The van der Waals surface area contributed by atoms with Gasteiger partial charge in [0.2, 0.25) is 0 Å². The molecule has 2 heterocycles. The van der Waals surface area contributed by atoms with Crippen molar-refractivity contribution in [3.63, 3.8) is 0 Å². The van der Waals surface area contributed by atoms with Crippen molar-refractivity contribution >= 4 is 17.3 Å². The van der Waals surface area contributed by atoms with Crippen LogP contribution in [0.1, 0.15) is 37.4 Å². The standard InChI is InChI=1S/C15H26N4S/c1-11(2)7-13-5-6-19(9-13)15(16-4)17-8-14-18-12(3)10-20-14/h10-11,13H,5-9H2,1-4H3,(H,16,17). The van der Waals surface area contributed by atoms with E-state index in [-0.39, 0.29) is 0 Å². The lowest BCUT2D eigenvalue weighted by Gasteiger charge is -2.21. The molecule has 1 aliphatic rings. The monoisotopic (exact) mass is 294 g/mol. The van der Waals surface area contributed by atoms with Crippen LogP contribution in [0.15, 0.2) is 10.4 Å². The topological polar surface area (TPSA) is 40.5 Å². The predicted octanol–water partition coefficient (Wildman–Crippen LogP) is 2.89. The lowest BCUT2D eigenvalue weighted by molar-refractivity contribution is 0.403. The minimum absolute atomic E-state index is 0.774. The molecule has 112 valence electrons. The first-order chi connectivity index (χ1) is 9.58. The molecule has 1 fully saturated rings. The number of aliphatic imine (C=N–C) groups is 1. The number of hydrogen-bond acceptors (Lipinski definition) is 3. The zero-order valence-electron chi connectivity index (χ0n) is 13.0. The molecule has 0 bridgehead atoms. The fraction of sp³-hybridized carbons (Fsp3) is 0.733. The third-order valence-corrected chi connectivity index (χ3v) is 4.63. The maximum atomic E-state index is 4.48. The first-order valence-corrected chi connectivity index (χ1v) is 8.33. The van der Waals surface area contributed by atoms with Gasteiger partial charge in [0.25, 0.3) is 0 Å². The fourth-order valence-electron chi connectivity index (χ4n) is 2.85. The van der Waals surface area contributed by atoms with E-state index in [2.05, 4.69) is 39.4 Å². The molecule has 5 heteroatoms. The van der Waals surface area contributed by atoms with Crippen molar-refractivity contribution in [2.75, 3.05) is 20.1 Å². The second-order valence-corrected chi connectivity index (χ2v) is 6.96. The molecule has 0 spiro atoms. The Hall–Kier alpha value is -1.10. The molecule has 0 aromatic carbocycles. The Morgan fingerprint density at radius 1 is 1.60 bits per heavy atom. The van der Waals surface area contributed by atoms with Gasteiger partial charge in [-0.25, -0.2) is 4.98 Å². The van der Waals surface area contributed by atoms with Gasteiger partial charge in [0.1, 0.15) is 5.01 Å². The molecule has 1 aromatic rings. The van der Waals surface area contributed by atoms with Crippen LogP contribution in [0.3, 0.4) is 0 Å². The molecule has 1 atom stereocenters. The molecular weight excluding hydrogens is 268 g/mol. The van der Waals surface area contributed by atoms with Crippen LogP contribution < -0.4 is 5.32 Å². The molecule has 1 N–H and O–H groups in total. The number of rotatable bonds is 4. The van der Waals surface area contributed by atoms with Crippen molar-refractivity contribution < 1.29 is 0 Å². The highest BCUT2D eigenvalue weighted by molar-refractivity contribution is 7.09. The lowest BCUT2D eigenvalue weighted by Crippen LogP contribution is -2.39. The zero-order valence-corrected chi connectivity index (χ0v) is 13.8. The smallest absolute Gasteiger partial charge is 0.194 e.